The van der Waals surface area contributed by atoms with Gasteiger partial charge in [-0.3, -0.25) is 14.9 Å². The Kier molecular flexibility index (Phi) is 8.86. The van der Waals surface area contributed by atoms with Gasteiger partial charge in [-0.05, 0) is 72.9 Å². The zero-order valence-corrected chi connectivity index (χ0v) is 27.5. The third-order valence-electron chi connectivity index (χ3n) is 7.40. The molecule has 1 saturated heterocycles. The zero-order valence-electron chi connectivity index (χ0n) is 26.8. The second kappa shape index (κ2) is 12.4. The van der Waals surface area contributed by atoms with Gasteiger partial charge in [-0.1, -0.05) is 11.6 Å². The number of anilines is 2. The number of hydrogen-bond acceptors (Lipinski definition) is 10. The van der Waals surface area contributed by atoms with Crippen LogP contribution in [0.2, 0.25) is 5.02 Å². The highest BCUT2D eigenvalue weighted by molar-refractivity contribution is 6.31. The van der Waals surface area contributed by atoms with Crippen molar-refractivity contribution in [1.82, 2.24) is 30.2 Å². The average molecular weight is 655 g/mol. The second-order valence-electron chi connectivity index (χ2n) is 13.6. The number of aldehydes is 1. The standard InChI is InChI=1S/C31H39ClN8O6/c1-29(2,3)45-27(43)37-24-23-25(34-16-33-24)40(17-35-23)13-21-18(14-41)11-19(32)12-22(21)39-10-9-31(15-39,26(42)36-20-7-8-20)38-28(44)46-30(4,5)6/h11-12,14,16-17,20H,7-10,13,15H2,1-6H3,(H,36,42)(H,38,44)(H,33,34,37,43)/t31-/m1/s1. The van der Waals surface area contributed by atoms with E-state index in [1.165, 1.54) is 12.7 Å². The van der Waals surface area contributed by atoms with Crippen LogP contribution in [0.3, 0.4) is 0 Å². The van der Waals surface area contributed by atoms with Gasteiger partial charge in [-0.2, -0.15) is 0 Å². The Morgan fingerprint density at radius 2 is 1.74 bits per heavy atom. The summed E-state index contributed by atoms with van der Waals surface area (Å²) in [6.45, 7) is 11.2. The molecule has 5 rings (SSSR count). The van der Waals surface area contributed by atoms with Crippen LogP contribution < -0.4 is 20.9 Å². The number of carbonyl (C=O) groups is 4. The van der Waals surface area contributed by atoms with Crippen molar-refractivity contribution in [2.24, 2.45) is 0 Å². The molecule has 3 N–H and O–H groups in total. The summed E-state index contributed by atoms with van der Waals surface area (Å²) in [7, 11) is 0. The number of rotatable bonds is 8. The van der Waals surface area contributed by atoms with E-state index in [0.29, 0.717) is 46.0 Å². The molecule has 14 nitrogen and oxygen atoms in total. The molecule has 1 aliphatic carbocycles. The van der Waals surface area contributed by atoms with Crippen LogP contribution in [0, 0.1) is 0 Å². The molecule has 2 aliphatic rings. The molecule has 0 spiro atoms. The van der Waals surface area contributed by atoms with Crippen molar-refractivity contribution in [3.63, 3.8) is 0 Å². The number of alkyl carbamates (subject to hydrolysis) is 1. The molecule has 1 atom stereocenters. The number of carbonyl (C=O) groups excluding carboxylic acids is 4. The molecule has 1 aromatic carbocycles. The van der Waals surface area contributed by atoms with E-state index in [1.54, 1.807) is 58.2 Å². The van der Waals surface area contributed by atoms with Crippen molar-refractivity contribution in [2.75, 3.05) is 23.3 Å². The predicted molar refractivity (Wildman–Crippen MR) is 171 cm³/mol. The van der Waals surface area contributed by atoms with Crippen LogP contribution in [0.5, 0.6) is 0 Å². The first-order valence-corrected chi connectivity index (χ1v) is 15.4. The highest BCUT2D eigenvalue weighted by Gasteiger charge is 2.48. The van der Waals surface area contributed by atoms with Crippen LogP contribution in [-0.4, -0.2) is 79.8 Å². The summed E-state index contributed by atoms with van der Waals surface area (Å²) in [6.07, 6.45) is 4.24. The minimum absolute atomic E-state index is 0.0773. The molecule has 2 aromatic heterocycles. The summed E-state index contributed by atoms with van der Waals surface area (Å²) in [6, 6.07) is 3.38. The van der Waals surface area contributed by atoms with Crippen molar-refractivity contribution < 1.29 is 28.7 Å². The molecule has 15 heteroatoms. The number of fused-ring (bicyclic) bond motifs is 1. The van der Waals surface area contributed by atoms with Gasteiger partial charge in [0.1, 0.15) is 23.1 Å². The van der Waals surface area contributed by atoms with Gasteiger partial charge in [0.25, 0.3) is 0 Å². The van der Waals surface area contributed by atoms with Gasteiger partial charge >= 0.3 is 12.2 Å². The molecule has 0 bridgehead atoms. The molecule has 1 saturated carbocycles. The first kappa shape index (κ1) is 32.9. The quantitative estimate of drug-likeness (QED) is 0.295. The summed E-state index contributed by atoms with van der Waals surface area (Å²) in [5.41, 5.74) is -0.442. The number of hydrogen-bond donors (Lipinski definition) is 3. The van der Waals surface area contributed by atoms with Crippen molar-refractivity contribution in [2.45, 2.75) is 90.1 Å². The van der Waals surface area contributed by atoms with E-state index < -0.39 is 28.9 Å². The van der Waals surface area contributed by atoms with E-state index in [4.69, 9.17) is 21.1 Å². The lowest BCUT2D eigenvalue weighted by Gasteiger charge is -2.32. The highest BCUT2D eigenvalue weighted by atomic mass is 35.5. The summed E-state index contributed by atoms with van der Waals surface area (Å²) in [5, 5.41) is 8.84. The van der Waals surface area contributed by atoms with Crippen LogP contribution in [0.4, 0.5) is 21.1 Å². The molecule has 1 aliphatic heterocycles. The largest absolute Gasteiger partial charge is 0.444 e. The first-order chi connectivity index (χ1) is 21.6. The Morgan fingerprint density at radius 1 is 1.04 bits per heavy atom. The van der Waals surface area contributed by atoms with Crippen molar-refractivity contribution in [3.05, 3.63) is 40.9 Å². The number of amides is 3. The average Bonchev–Trinajstić information content (AvgIpc) is 3.49. The van der Waals surface area contributed by atoms with Crippen LogP contribution in [0.15, 0.2) is 24.8 Å². The normalized spacial score (nSPS) is 18.3. The molecule has 3 amide bonds. The van der Waals surface area contributed by atoms with Crippen molar-refractivity contribution >= 4 is 58.6 Å². The van der Waals surface area contributed by atoms with Gasteiger partial charge in [0, 0.05) is 34.4 Å². The smallest absolute Gasteiger partial charge is 0.413 e. The Hall–Kier alpha value is -4.46. The minimum atomic E-state index is -1.27. The monoisotopic (exact) mass is 654 g/mol. The lowest BCUT2D eigenvalue weighted by atomic mass is 9.97. The Balaban J connectivity index is 1.46. The van der Waals surface area contributed by atoms with Gasteiger partial charge in [0.05, 0.1) is 19.4 Å². The van der Waals surface area contributed by atoms with E-state index in [1.807, 2.05) is 4.90 Å². The third kappa shape index (κ3) is 7.66. The lowest BCUT2D eigenvalue weighted by molar-refractivity contribution is -0.127. The van der Waals surface area contributed by atoms with Crippen LogP contribution >= 0.6 is 11.6 Å². The van der Waals surface area contributed by atoms with Gasteiger partial charge in [-0.25, -0.2) is 24.5 Å². The summed E-state index contributed by atoms with van der Waals surface area (Å²) in [4.78, 5) is 66.2. The number of imidazole rings is 1. The maximum atomic E-state index is 13.6. The van der Waals surface area contributed by atoms with Gasteiger partial charge < -0.3 is 29.6 Å². The number of nitrogens with one attached hydrogen (secondary N) is 3. The number of ether oxygens (including phenoxy) is 2. The molecular weight excluding hydrogens is 616 g/mol. The topological polar surface area (TPSA) is 170 Å². The molecule has 246 valence electrons. The SMILES string of the molecule is CC(C)(C)OC(=O)Nc1ncnc2c1ncn2Cc1c(C=O)cc(Cl)cc1N1CC[C@](NC(=O)OC(C)(C)C)(C(=O)NC2CC2)C1. The fourth-order valence-electron chi connectivity index (χ4n) is 5.27. The lowest BCUT2D eigenvalue weighted by Crippen LogP contribution is -2.61. The molecule has 0 radical (unpaired) electrons. The van der Waals surface area contributed by atoms with Gasteiger partial charge in [0.15, 0.2) is 23.3 Å². The van der Waals surface area contributed by atoms with Crippen LogP contribution in [0.25, 0.3) is 11.2 Å². The van der Waals surface area contributed by atoms with Crippen molar-refractivity contribution in [3.8, 4) is 0 Å². The molecule has 3 heterocycles. The molecule has 2 fully saturated rings. The summed E-state index contributed by atoms with van der Waals surface area (Å²) in [5.74, 6) is -0.117. The van der Waals surface area contributed by atoms with Gasteiger partial charge in [-0.15, -0.1) is 0 Å². The van der Waals surface area contributed by atoms with Crippen LogP contribution in [0.1, 0.15) is 76.7 Å². The number of benzene rings is 1. The minimum Gasteiger partial charge on any atom is -0.444 e. The maximum Gasteiger partial charge on any atom is 0.413 e. The van der Waals surface area contributed by atoms with E-state index in [2.05, 4.69) is 30.9 Å². The van der Waals surface area contributed by atoms with Crippen LogP contribution in [-0.2, 0) is 20.8 Å². The van der Waals surface area contributed by atoms with E-state index in [9.17, 15) is 19.2 Å². The Labute approximate surface area is 271 Å². The predicted octanol–water partition coefficient (Wildman–Crippen LogP) is 4.44. The first-order valence-electron chi connectivity index (χ1n) is 15.1. The fourth-order valence-corrected chi connectivity index (χ4v) is 5.49. The highest BCUT2D eigenvalue weighted by Crippen LogP contribution is 2.35. The Morgan fingerprint density at radius 3 is 2.39 bits per heavy atom. The summed E-state index contributed by atoms with van der Waals surface area (Å²) < 4.78 is 12.6. The molecule has 46 heavy (non-hydrogen) atoms. The number of halogens is 1. The van der Waals surface area contributed by atoms with Crippen molar-refractivity contribution in [1.29, 1.82) is 0 Å². The molecule has 0 unspecified atom stereocenters. The van der Waals surface area contributed by atoms with Gasteiger partial charge in [0.2, 0.25) is 5.91 Å². The summed E-state index contributed by atoms with van der Waals surface area (Å²) >= 11 is 6.49. The molecule has 3 aromatic rings. The second-order valence-corrected chi connectivity index (χ2v) is 14.1. The Bertz CT molecular complexity index is 1680. The number of nitrogens with zero attached hydrogens (tertiary/aromatic N) is 5. The van der Waals surface area contributed by atoms with E-state index in [-0.39, 0.29) is 30.9 Å². The zero-order chi connectivity index (χ0) is 33.4. The fraction of sp³-hybridized carbons (Fsp3) is 0.516. The number of aromatic nitrogens is 4. The third-order valence-corrected chi connectivity index (χ3v) is 7.62. The van der Waals surface area contributed by atoms with E-state index >= 15 is 0 Å². The van der Waals surface area contributed by atoms with E-state index in [0.717, 1.165) is 19.1 Å². The molecular formula is C31H39ClN8O6. The maximum absolute atomic E-state index is 13.6.